The van der Waals surface area contributed by atoms with Crippen molar-refractivity contribution in [1.82, 2.24) is 9.97 Å². The number of esters is 1. The number of pyridine rings is 1. The van der Waals surface area contributed by atoms with Gasteiger partial charge in [0.15, 0.2) is 11.2 Å². The fourth-order valence-electron chi connectivity index (χ4n) is 2.65. The topological polar surface area (TPSA) is 81.2 Å². The molecule has 6 nitrogen and oxygen atoms in total. The number of carbonyl (C=O) groups excluding carboxylic acids is 2. The van der Waals surface area contributed by atoms with Crippen molar-refractivity contribution in [2.24, 2.45) is 0 Å². The summed E-state index contributed by atoms with van der Waals surface area (Å²) in [5.74, 6) is -0.850. The van der Waals surface area contributed by atoms with Crippen LogP contribution in [0.25, 0.3) is 11.3 Å². The van der Waals surface area contributed by atoms with Crippen LogP contribution in [-0.4, -0.2) is 27.9 Å². The molecule has 0 fully saturated rings. The van der Waals surface area contributed by atoms with Crippen LogP contribution in [0.3, 0.4) is 0 Å². The fraction of sp³-hybridized carbons (Fsp3) is 0.111. The lowest BCUT2D eigenvalue weighted by Crippen LogP contribution is -2.37. The third-order valence-corrected chi connectivity index (χ3v) is 4.65. The minimum Gasteiger partial charge on any atom is -0.448 e. The summed E-state index contributed by atoms with van der Waals surface area (Å²) in [7, 11) is 0. The fourth-order valence-corrected chi connectivity index (χ4v) is 3.37. The van der Waals surface area contributed by atoms with E-state index in [1.54, 1.807) is 24.5 Å². The number of nitrogens with zero attached hydrogens (tertiary/aromatic N) is 2. The van der Waals surface area contributed by atoms with E-state index in [9.17, 15) is 9.59 Å². The Morgan fingerprint density at radius 1 is 1.20 bits per heavy atom. The number of fused-ring (bicyclic) bond motifs is 1. The standard InChI is InChI=1S/C18H13N3O3S/c22-16(15-9-12-3-1-2-4-13(12)17(23)24-15)21-18-20-14(10-25-18)11-5-7-19-8-6-11/h1-8,10,15H,9H2,(H,20,21,22)/t15-/m1/s1. The normalized spacial score (nSPS) is 16.0. The maximum absolute atomic E-state index is 12.4. The van der Waals surface area contributed by atoms with Crippen LogP contribution in [0.15, 0.2) is 54.2 Å². The molecule has 0 radical (unpaired) electrons. The largest absolute Gasteiger partial charge is 0.448 e. The summed E-state index contributed by atoms with van der Waals surface area (Å²) < 4.78 is 5.26. The van der Waals surface area contributed by atoms with Crippen molar-refractivity contribution in [1.29, 1.82) is 0 Å². The van der Waals surface area contributed by atoms with E-state index in [0.29, 0.717) is 17.1 Å². The number of thiazole rings is 1. The second-order valence-corrected chi connectivity index (χ2v) is 6.38. The third-order valence-electron chi connectivity index (χ3n) is 3.89. The lowest BCUT2D eigenvalue weighted by molar-refractivity contribution is -0.125. The zero-order chi connectivity index (χ0) is 17.2. The minimum atomic E-state index is -0.851. The maximum atomic E-state index is 12.4. The Labute approximate surface area is 147 Å². The monoisotopic (exact) mass is 351 g/mol. The van der Waals surface area contributed by atoms with E-state index < -0.39 is 12.1 Å². The van der Waals surface area contributed by atoms with Gasteiger partial charge in [-0.25, -0.2) is 9.78 Å². The highest BCUT2D eigenvalue weighted by Gasteiger charge is 2.31. The number of carbonyl (C=O) groups is 2. The van der Waals surface area contributed by atoms with E-state index in [1.165, 1.54) is 11.3 Å². The molecule has 3 aromatic rings. The van der Waals surface area contributed by atoms with E-state index in [2.05, 4.69) is 15.3 Å². The van der Waals surface area contributed by atoms with Gasteiger partial charge < -0.3 is 4.74 Å². The van der Waals surface area contributed by atoms with Crippen molar-refractivity contribution in [2.75, 3.05) is 5.32 Å². The molecule has 7 heteroatoms. The Kier molecular flexibility index (Phi) is 3.99. The van der Waals surface area contributed by atoms with E-state index in [-0.39, 0.29) is 5.91 Å². The number of rotatable bonds is 3. The Balaban J connectivity index is 1.48. The second kappa shape index (κ2) is 6.45. The highest BCUT2D eigenvalue weighted by molar-refractivity contribution is 7.14. The van der Waals surface area contributed by atoms with Crippen molar-refractivity contribution in [3.8, 4) is 11.3 Å². The van der Waals surface area contributed by atoms with Gasteiger partial charge in [-0.3, -0.25) is 15.1 Å². The molecule has 0 saturated carbocycles. The van der Waals surface area contributed by atoms with Crippen LogP contribution in [0, 0.1) is 0 Å². The highest BCUT2D eigenvalue weighted by Crippen LogP contribution is 2.26. The zero-order valence-corrected chi connectivity index (χ0v) is 13.8. The van der Waals surface area contributed by atoms with Gasteiger partial charge in [-0.2, -0.15) is 0 Å². The molecule has 1 aliphatic heterocycles. The van der Waals surface area contributed by atoms with Crippen LogP contribution < -0.4 is 5.32 Å². The third kappa shape index (κ3) is 3.14. The van der Waals surface area contributed by atoms with Gasteiger partial charge in [0.1, 0.15) is 0 Å². The molecule has 0 aliphatic carbocycles. The number of hydrogen-bond acceptors (Lipinski definition) is 6. The van der Waals surface area contributed by atoms with Crippen LogP contribution in [-0.2, 0) is 16.0 Å². The first-order valence-corrected chi connectivity index (χ1v) is 8.54. The molecule has 1 N–H and O–H groups in total. The van der Waals surface area contributed by atoms with Crippen molar-refractivity contribution in [3.05, 3.63) is 65.3 Å². The second-order valence-electron chi connectivity index (χ2n) is 5.52. The van der Waals surface area contributed by atoms with E-state index in [0.717, 1.165) is 16.8 Å². The number of nitrogens with one attached hydrogen (secondary N) is 1. The average Bonchev–Trinajstić information content (AvgIpc) is 3.11. The van der Waals surface area contributed by atoms with Crippen molar-refractivity contribution in [3.63, 3.8) is 0 Å². The van der Waals surface area contributed by atoms with E-state index >= 15 is 0 Å². The summed E-state index contributed by atoms with van der Waals surface area (Å²) in [5, 5.41) is 5.05. The van der Waals surface area contributed by atoms with Gasteiger partial charge in [-0.15, -0.1) is 11.3 Å². The molecule has 0 spiro atoms. The van der Waals surface area contributed by atoms with Crippen molar-refractivity contribution >= 4 is 28.3 Å². The average molecular weight is 351 g/mol. The molecule has 0 saturated heterocycles. The molecule has 4 rings (SSSR count). The summed E-state index contributed by atoms with van der Waals surface area (Å²) in [6.07, 6.45) is 2.88. The first kappa shape index (κ1) is 15.5. The van der Waals surface area contributed by atoms with E-state index in [4.69, 9.17) is 4.74 Å². The zero-order valence-electron chi connectivity index (χ0n) is 13.0. The van der Waals surface area contributed by atoms with Crippen LogP contribution in [0.4, 0.5) is 5.13 Å². The lowest BCUT2D eigenvalue weighted by atomic mass is 9.98. The molecule has 0 unspecified atom stereocenters. The number of benzene rings is 1. The molecule has 1 aliphatic rings. The van der Waals surface area contributed by atoms with Crippen LogP contribution in [0.1, 0.15) is 15.9 Å². The van der Waals surface area contributed by atoms with Crippen molar-refractivity contribution < 1.29 is 14.3 Å². The molecular formula is C18H13N3O3S. The maximum Gasteiger partial charge on any atom is 0.339 e. The molecule has 25 heavy (non-hydrogen) atoms. The van der Waals surface area contributed by atoms with Crippen LogP contribution >= 0.6 is 11.3 Å². The Morgan fingerprint density at radius 3 is 2.84 bits per heavy atom. The van der Waals surface area contributed by atoms with Gasteiger partial charge in [0.05, 0.1) is 11.3 Å². The summed E-state index contributed by atoms with van der Waals surface area (Å²) in [4.78, 5) is 32.8. The smallest absolute Gasteiger partial charge is 0.339 e. The Morgan fingerprint density at radius 2 is 2.00 bits per heavy atom. The molecule has 0 bridgehead atoms. The van der Waals surface area contributed by atoms with E-state index in [1.807, 2.05) is 29.6 Å². The quantitative estimate of drug-likeness (QED) is 0.734. The number of anilines is 1. The predicted octanol–water partition coefficient (Wildman–Crippen LogP) is 2.93. The molecule has 1 amide bonds. The summed E-state index contributed by atoms with van der Waals surface area (Å²) >= 11 is 1.32. The van der Waals surface area contributed by atoms with Gasteiger partial charge in [0.2, 0.25) is 0 Å². The van der Waals surface area contributed by atoms with Gasteiger partial charge >= 0.3 is 5.97 Å². The first-order valence-electron chi connectivity index (χ1n) is 7.66. The molecule has 1 atom stereocenters. The SMILES string of the molecule is O=C1O[C@@H](C(=O)Nc2nc(-c3ccncc3)cs2)Cc2ccccc21. The van der Waals surface area contributed by atoms with Gasteiger partial charge in [-0.1, -0.05) is 18.2 Å². The van der Waals surface area contributed by atoms with Gasteiger partial charge in [0.25, 0.3) is 5.91 Å². The van der Waals surface area contributed by atoms with Crippen LogP contribution in [0.2, 0.25) is 0 Å². The van der Waals surface area contributed by atoms with Gasteiger partial charge in [-0.05, 0) is 23.8 Å². The molecular weight excluding hydrogens is 338 g/mol. The Bertz CT molecular complexity index is 940. The Hall–Kier alpha value is -3.06. The number of cyclic esters (lactones) is 1. The minimum absolute atomic E-state index is 0.357. The number of hydrogen-bond donors (Lipinski definition) is 1. The summed E-state index contributed by atoms with van der Waals surface area (Å²) in [6.45, 7) is 0. The van der Waals surface area contributed by atoms with Crippen LogP contribution in [0.5, 0.6) is 0 Å². The molecule has 2 aromatic heterocycles. The molecule has 1 aromatic carbocycles. The highest BCUT2D eigenvalue weighted by atomic mass is 32.1. The number of ether oxygens (including phenoxy) is 1. The van der Waals surface area contributed by atoms with Gasteiger partial charge in [0, 0.05) is 29.8 Å². The predicted molar refractivity (Wildman–Crippen MR) is 93.3 cm³/mol. The molecule has 3 heterocycles. The molecule has 124 valence electrons. The number of amides is 1. The first-order chi connectivity index (χ1) is 12.2. The van der Waals surface area contributed by atoms with Crippen molar-refractivity contribution in [2.45, 2.75) is 12.5 Å². The lowest BCUT2D eigenvalue weighted by Gasteiger charge is -2.23. The number of aromatic nitrogens is 2. The summed E-state index contributed by atoms with van der Waals surface area (Å²) in [5.41, 5.74) is 3.01. The summed E-state index contributed by atoms with van der Waals surface area (Å²) in [6, 6.07) is 10.8.